The number of amides is 1. The first-order chi connectivity index (χ1) is 15.3. The highest BCUT2D eigenvalue weighted by atomic mass is 16.6. The first-order valence-corrected chi connectivity index (χ1v) is 9.77. The molecule has 1 unspecified atom stereocenters. The van der Waals surface area contributed by atoms with Crippen LogP contribution in [0.4, 0.5) is 10.5 Å². The normalized spacial score (nSPS) is 11.4. The fourth-order valence-corrected chi connectivity index (χ4v) is 2.47. The number of nitrogens with two attached hydrogens (primary N) is 2. The molecule has 1 amide bonds. The fourth-order valence-electron chi connectivity index (χ4n) is 2.47. The molecular weight excluding hydrogens is 410 g/mol. The lowest BCUT2D eigenvalue weighted by molar-refractivity contribution is 0.0865. The molecule has 0 aliphatic rings. The summed E-state index contributed by atoms with van der Waals surface area (Å²) < 4.78 is 16.0. The van der Waals surface area contributed by atoms with E-state index in [4.69, 9.17) is 25.8 Å². The molecule has 0 aromatic heterocycles. The van der Waals surface area contributed by atoms with E-state index < -0.39 is 12.3 Å². The number of methoxy groups -OCH3 is 1. The van der Waals surface area contributed by atoms with Gasteiger partial charge in [-0.25, -0.2) is 15.6 Å². The van der Waals surface area contributed by atoms with E-state index in [0.717, 1.165) is 5.56 Å². The minimum atomic E-state index is -0.757. The standard InChI is InChI=1S/C21H29N5O4.C2H2/c1-15(30-21(27)25(2)3)24-20(16-5-9-19(10-6-16)29-14-13-22)26(23)17-7-11-18(28-4)12-8-17;1-2/h5-12,15H,13-14,22-23H2,1-4H3;1-2H/b24-20-;. The van der Waals surface area contributed by atoms with Gasteiger partial charge in [0.05, 0.1) is 12.8 Å². The summed E-state index contributed by atoms with van der Waals surface area (Å²) in [5.41, 5.74) is 6.88. The van der Waals surface area contributed by atoms with Gasteiger partial charge in [-0.2, -0.15) is 0 Å². The Morgan fingerprint density at radius 1 is 1.06 bits per heavy atom. The second kappa shape index (κ2) is 13.5. The highest BCUT2D eigenvalue weighted by Gasteiger charge is 2.17. The molecule has 9 heteroatoms. The fraction of sp³-hybridized carbons (Fsp3) is 0.304. The summed E-state index contributed by atoms with van der Waals surface area (Å²) in [6.45, 7) is 2.52. The second-order valence-electron chi connectivity index (χ2n) is 6.56. The van der Waals surface area contributed by atoms with Crippen LogP contribution >= 0.6 is 0 Å². The van der Waals surface area contributed by atoms with Gasteiger partial charge in [-0.15, -0.1) is 12.8 Å². The molecule has 9 nitrogen and oxygen atoms in total. The van der Waals surface area contributed by atoms with Crippen LogP contribution in [0, 0.1) is 12.8 Å². The predicted molar refractivity (Wildman–Crippen MR) is 127 cm³/mol. The van der Waals surface area contributed by atoms with Crippen molar-refractivity contribution in [3.05, 3.63) is 54.1 Å². The van der Waals surface area contributed by atoms with Crippen LogP contribution in [0.2, 0.25) is 0 Å². The van der Waals surface area contributed by atoms with Crippen molar-refractivity contribution in [2.45, 2.75) is 13.2 Å². The molecule has 172 valence electrons. The lowest BCUT2D eigenvalue weighted by Crippen LogP contribution is -2.39. The number of ether oxygens (including phenoxy) is 3. The SMILES string of the molecule is C#C.COc1ccc(N(N)/C(=N\C(C)OC(=O)N(C)C)c2ccc(OCCN)cc2)cc1. The zero-order valence-corrected chi connectivity index (χ0v) is 18.9. The van der Waals surface area contributed by atoms with E-state index in [1.54, 1.807) is 52.4 Å². The minimum absolute atomic E-state index is 0.421. The molecule has 0 saturated carbocycles. The highest BCUT2D eigenvalue weighted by Crippen LogP contribution is 2.21. The average Bonchev–Trinajstić information content (AvgIpc) is 2.82. The number of carbonyl (C=O) groups is 1. The van der Waals surface area contributed by atoms with Gasteiger partial charge in [0.2, 0.25) is 0 Å². The van der Waals surface area contributed by atoms with Crippen molar-refractivity contribution in [2.75, 3.05) is 39.4 Å². The van der Waals surface area contributed by atoms with Crippen LogP contribution in [0.15, 0.2) is 53.5 Å². The van der Waals surface area contributed by atoms with Gasteiger partial charge in [-0.05, 0) is 55.5 Å². The topological polar surface area (TPSA) is 116 Å². The van der Waals surface area contributed by atoms with Crippen LogP contribution in [-0.2, 0) is 4.74 Å². The largest absolute Gasteiger partial charge is 0.497 e. The third-order valence-electron chi connectivity index (χ3n) is 4.02. The number of nitrogens with zero attached hydrogens (tertiary/aromatic N) is 3. The number of hydrogen-bond acceptors (Lipinski definition) is 7. The number of rotatable bonds is 8. The van der Waals surface area contributed by atoms with Gasteiger partial charge in [-0.1, -0.05) is 0 Å². The number of terminal acetylenes is 1. The quantitative estimate of drug-likeness (QED) is 0.213. The number of aliphatic imine (C=N–C) groups is 1. The molecule has 1 atom stereocenters. The number of anilines is 1. The molecule has 2 aromatic carbocycles. The Morgan fingerprint density at radius 3 is 2.12 bits per heavy atom. The number of carbonyl (C=O) groups excluding carboxylic acids is 1. The van der Waals surface area contributed by atoms with Crippen LogP contribution in [0.25, 0.3) is 0 Å². The Morgan fingerprint density at radius 2 is 1.62 bits per heavy atom. The van der Waals surface area contributed by atoms with Crippen molar-refractivity contribution < 1.29 is 19.0 Å². The molecule has 0 spiro atoms. The van der Waals surface area contributed by atoms with Gasteiger partial charge in [0.15, 0.2) is 12.1 Å². The van der Waals surface area contributed by atoms with Crippen molar-refractivity contribution in [1.29, 1.82) is 0 Å². The third kappa shape index (κ3) is 7.83. The van der Waals surface area contributed by atoms with Crippen molar-refractivity contribution in [3.63, 3.8) is 0 Å². The Balaban J connectivity index is 0.00000249. The zero-order valence-electron chi connectivity index (χ0n) is 18.9. The molecule has 0 saturated heterocycles. The van der Waals surface area contributed by atoms with E-state index in [9.17, 15) is 4.79 Å². The van der Waals surface area contributed by atoms with Crippen molar-refractivity contribution in [1.82, 2.24) is 4.90 Å². The Bertz CT molecular complexity index is 880. The summed E-state index contributed by atoms with van der Waals surface area (Å²) in [5.74, 6) is 8.20. The smallest absolute Gasteiger partial charge is 0.411 e. The molecule has 0 aliphatic carbocycles. The summed E-state index contributed by atoms with van der Waals surface area (Å²) in [5, 5.41) is 1.43. The Labute approximate surface area is 189 Å². The van der Waals surface area contributed by atoms with Gasteiger partial charge in [0.1, 0.15) is 18.1 Å². The highest BCUT2D eigenvalue weighted by molar-refractivity contribution is 6.09. The summed E-state index contributed by atoms with van der Waals surface area (Å²) in [6, 6.07) is 14.5. The maximum atomic E-state index is 11.9. The first-order valence-electron chi connectivity index (χ1n) is 9.77. The van der Waals surface area contributed by atoms with Gasteiger partial charge in [0, 0.05) is 26.2 Å². The molecule has 0 radical (unpaired) electrons. The molecule has 0 bridgehead atoms. The third-order valence-corrected chi connectivity index (χ3v) is 4.02. The van der Waals surface area contributed by atoms with E-state index >= 15 is 0 Å². The van der Waals surface area contributed by atoms with E-state index in [1.165, 1.54) is 9.91 Å². The number of hydrogen-bond donors (Lipinski definition) is 2. The number of benzene rings is 2. The molecule has 0 heterocycles. The summed E-state index contributed by atoms with van der Waals surface area (Å²) in [7, 11) is 4.80. The molecular formula is C23H31N5O4. The maximum Gasteiger partial charge on any atom is 0.411 e. The van der Waals surface area contributed by atoms with Crippen LogP contribution in [-0.4, -0.2) is 57.4 Å². The molecule has 32 heavy (non-hydrogen) atoms. The molecule has 4 N–H and O–H groups in total. The van der Waals surface area contributed by atoms with Gasteiger partial charge in [0.25, 0.3) is 0 Å². The summed E-state index contributed by atoms with van der Waals surface area (Å²) >= 11 is 0. The second-order valence-corrected chi connectivity index (χ2v) is 6.56. The van der Waals surface area contributed by atoms with E-state index in [2.05, 4.69) is 17.8 Å². The molecule has 0 aliphatic heterocycles. The van der Waals surface area contributed by atoms with Gasteiger partial charge >= 0.3 is 6.09 Å². The summed E-state index contributed by atoms with van der Waals surface area (Å²) in [6.07, 6.45) is 6.75. The van der Waals surface area contributed by atoms with Gasteiger partial charge in [-0.3, -0.25) is 5.01 Å². The van der Waals surface area contributed by atoms with Crippen LogP contribution in [0.1, 0.15) is 12.5 Å². The predicted octanol–water partition coefficient (Wildman–Crippen LogP) is 2.45. The lowest BCUT2D eigenvalue weighted by Gasteiger charge is -2.23. The number of amidine groups is 1. The van der Waals surface area contributed by atoms with Crippen LogP contribution in [0.5, 0.6) is 11.5 Å². The van der Waals surface area contributed by atoms with Crippen LogP contribution in [0.3, 0.4) is 0 Å². The molecule has 2 aromatic rings. The van der Waals surface area contributed by atoms with E-state index in [-0.39, 0.29) is 0 Å². The number of hydrazine groups is 1. The maximum absolute atomic E-state index is 11.9. The summed E-state index contributed by atoms with van der Waals surface area (Å²) in [4.78, 5) is 17.7. The Kier molecular flexibility index (Phi) is 11.1. The van der Waals surface area contributed by atoms with Gasteiger partial charge < -0.3 is 24.8 Å². The van der Waals surface area contributed by atoms with Crippen molar-refractivity contribution in [2.24, 2.45) is 16.6 Å². The molecule has 0 fully saturated rings. The first kappa shape index (κ1) is 26.3. The Hall–Kier alpha value is -3.74. The monoisotopic (exact) mass is 441 g/mol. The van der Waals surface area contributed by atoms with Crippen molar-refractivity contribution >= 4 is 17.6 Å². The zero-order chi connectivity index (χ0) is 24.1. The minimum Gasteiger partial charge on any atom is -0.497 e. The van der Waals surface area contributed by atoms with Crippen molar-refractivity contribution in [3.8, 4) is 24.3 Å². The lowest BCUT2D eigenvalue weighted by atomic mass is 10.1. The average molecular weight is 442 g/mol. The van der Waals surface area contributed by atoms with Crippen LogP contribution < -0.4 is 26.1 Å². The van der Waals surface area contributed by atoms with E-state index in [0.29, 0.717) is 36.2 Å². The molecule has 2 rings (SSSR count). The van der Waals surface area contributed by atoms with E-state index in [1.807, 2.05) is 24.3 Å².